The number of aryl methyl sites for hydroxylation is 1. The predicted molar refractivity (Wildman–Crippen MR) is 66.2 cm³/mol. The molecule has 6 heteroatoms. The molecule has 0 amide bonds. The van der Waals surface area contributed by atoms with E-state index >= 15 is 0 Å². The number of aromatic nitrogens is 5. The third-order valence-electron chi connectivity index (χ3n) is 2.78. The number of nitrogens with one attached hydrogen (secondary N) is 1. The summed E-state index contributed by atoms with van der Waals surface area (Å²) in [5, 5.41) is 14.6. The molecule has 3 rings (SSSR count). The van der Waals surface area contributed by atoms with Gasteiger partial charge in [-0.3, -0.25) is 9.89 Å². The van der Waals surface area contributed by atoms with Crippen LogP contribution in [-0.2, 0) is 6.54 Å². The summed E-state index contributed by atoms with van der Waals surface area (Å²) in [6.45, 7) is 2.21. The first-order valence-electron chi connectivity index (χ1n) is 5.58. The molecule has 2 heterocycles. The molecule has 1 aromatic carbocycles. The minimum absolute atomic E-state index is 0.229. The monoisotopic (exact) mass is 241 g/mol. The normalized spacial score (nSPS) is 10.9. The van der Waals surface area contributed by atoms with Crippen molar-refractivity contribution in [3.8, 4) is 0 Å². The first-order valence-corrected chi connectivity index (χ1v) is 5.58. The maximum absolute atomic E-state index is 12.1. The minimum atomic E-state index is -0.229. The summed E-state index contributed by atoms with van der Waals surface area (Å²) < 4.78 is 1.32. The van der Waals surface area contributed by atoms with Crippen molar-refractivity contribution >= 4 is 11.0 Å². The number of nitrogens with zero attached hydrogens (tertiary/aromatic N) is 4. The molecule has 0 bridgehead atoms. The Morgan fingerprint density at radius 3 is 2.78 bits per heavy atom. The second kappa shape index (κ2) is 4.06. The van der Waals surface area contributed by atoms with Gasteiger partial charge in [0.05, 0.1) is 12.2 Å². The van der Waals surface area contributed by atoms with Crippen molar-refractivity contribution < 1.29 is 0 Å². The van der Waals surface area contributed by atoms with Crippen molar-refractivity contribution in [3.05, 3.63) is 51.9 Å². The number of hydrogen-bond donors (Lipinski definition) is 1. The molecule has 0 aliphatic heterocycles. The molecule has 90 valence electrons. The molecule has 3 aromatic rings. The van der Waals surface area contributed by atoms with E-state index in [1.165, 1.54) is 4.68 Å². The van der Waals surface area contributed by atoms with Crippen LogP contribution in [0.15, 0.2) is 35.1 Å². The number of rotatable bonds is 2. The summed E-state index contributed by atoms with van der Waals surface area (Å²) >= 11 is 0. The van der Waals surface area contributed by atoms with Crippen LogP contribution in [0.5, 0.6) is 0 Å². The van der Waals surface area contributed by atoms with Crippen molar-refractivity contribution in [1.82, 2.24) is 25.2 Å². The van der Waals surface area contributed by atoms with Crippen LogP contribution >= 0.6 is 0 Å². The van der Waals surface area contributed by atoms with E-state index in [0.717, 1.165) is 11.3 Å². The van der Waals surface area contributed by atoms with Gasteiger partial charge in [-0.15, -0.1) is 5.10 Å². The van der Waals surface area contributed by atoms with E-state index in [9.17, 15) is 4.79 Å². The highest BCUT2D eigenvalue weighted by Gasteiger charge is 2.10. The van der Waals surface area contributed by atoms with Gasteiger partial charge in [0.2, 0.25) is 0 Å². The van der Waals surface area contributed by atoms with Gasteiger partial charge in [-0.1, -0.05) is 35.5 Å². The highest BCUT2D eigenvalue weighted by atomic mass is 16.1. The van der Waals surface area contributed by atoms with Gasteiger partial charge in [-0.05, 0) is 12.5 Å². The maximum atomic E-state index is 12.1. The molecule has 0 aliphatic rings. The highest BCUT2D eigenvalue weighted by molar-refractivity contribution is 5.74. The van der Waals surface area contributed by atoms with Crippen LogP contribution in [0.2, 0.25) is 0 Å². The molecule has 6 nitrogen and oxygen atoms in total. The fourth-order valence-electron chi connectivity index (χ4n) is 1.82. The summed E-state index contributed by atoms with van der Waals surface area (Å²) in [6.07, 6.45) is 0. The van der Waals surface area contributed by atoms with E-state index in [-0.39, 0.29) is 5.56 Å². The summed E-state index contributed by atoms with van der Waals surface area (Å²) in [5.41, 5.74) is 2.39. The number of benzene rings is 1. The third kappa shape index (κ3) is 1.67. The van der Waals surface area contributed by atoms with Crippen molar-refractivity contribution in [2.75, 3.05) is 0 Å². The summed E-state index contributed by atoms with van der Waals surface area (Å²) in [7, 11) is 0. The van der Waals surface area contributed by atoms with Crippen molar-refractivity contribution in [2.45, 2.75) is 13.5 Å². The number of hydrogen-bond acceptors (Lipinski definition) is 4. The molecule has 0 radical (unpaired) electrons. The van der Waals surface area contributed by atoms with E-state index in [2.05, 4.69) is 20.5 Å². The van der Waals surface area contributed by atoms with Gasteiger partial charge in [0.1, 0.15) is 5.52 Å². The number of aromatic amines is 1. The Morgan fingerprint density at radius 2 is 2.00 bits per heavy atom. The highest BCUT2D eigenvalue weighted by Crippen LogP contribution is 2.06. The fraction of sp³-hybridized carbons (Fsp3) is 0.167. The quantitative estimate of drug-likeness (QED) is 0.722. The van der Waals surface area contributed by atoms with E-state index < -0.39 is 0 Å². The zero-order chi connectivity index (χ0) is 12.5. The molecule has 2 aromatic heterocycles. The Balaban J connectivity index is 2.08. The van der Waals surface area contributed by atoms with Gasteiger partial charge >= 0.3 is 0 Å². The van der Waals surface area contributed by atoms with E-state index in [1.807, 2.05) is 37.3 Å². The van der Waals surface area contributed by atoms with Gasteiger partial charge in [-0.2, -0.15) is 5.10 Å². The molecule has 0 unspecified atom stereocenters. The lowest BCUT2D eigenvalue weighted by Gasteiger charge is -2.02. The lowest BCUT2D eigenvalue weighted by molar-refractivity contribution is 0.600. The van der Waals surface area contributed by atoms with Gasteiger partial charge in [0.25, 0.3) is 5.56 Å². The lowest BCUT2D eigenvalue weighted by atomic mass is 10.2. The fourth-order valence-corrected chi connectivity index (χ4v) is 1.82. The van der Waals surface area contributed by atoms with Gasteiger partial charge in [0.15, 0.2) is 5.52 Å². The van der Waals surface area contributed by atoms with Crippen LogP contribution in [0.3, 0.4) is 0 Å². The van der Waals surface area contributed by atoms with E-state index in [0.29, 0.717) is 17.6 Å². The molecular weight excluding hydrogens is 230 g/mol. The maximum Gasteiger partial charge on any atom is 0.298 e. The number of H-pyrrole nitrogens is 1. The van der Waals surface area contributed by atoms with Crippen molar-refractivity contribution in [1.29, 1.82) is 0 Å². The first-order chi connectivity index (χ1) is 8.75. The smallest absolute Gasteiger partial charge is 0.280 e. The molecule has 0 saturated carbocycles. The van der Waals surface area contributed by atoms with Gasteiger partial charge in [0, 0.05) is 0 Å². The third-order valence-corrected chi connectivity index (χ3v) is 2.78. The van der Waals surface area contributed by atoms with Crippen LogP contribution in [0.25, 0.3) is 11.0 Å². The van der Waals surface area contributed by atoms with Crippen LogP contribution < -0.4 is 5.56 Å². The number of fused-ring (bicyclic) bond motifs is 1. The summed E-state index contributed by atoms with van der Waals surface area (Å²) in [5.74, 6) is 0. The molecule has 0 atom stereocenters. The van der Waals surface area contributed by atoms with E-state index in [4.69, 9.17) is 0 Å². The molecule has 0 saturated heterocycles. The molecule has 18 heavy (non-hydrogen) atoms. The average Bonchev–Trinajstić information content (AvgIpc) is 2.77. The standard InChI is InChI=1S/C12H11N5O/c1-8-10-11(14-13-8)12(18)17(16-15-10)7-9-5-3-2-4-6-9/h2-6H,7H2,1H3,(H,13,14). The van der Waals surface area contributed by atoms with Crippen LogP contribution in [0, 0.1) is 6.92 Å². The van der Waals surface area contributed by atoms with Gasteiger partial charge in [-0.25, -0.2) is 4.68 Å². The zero-order valence-corrected chi connectivity index (χ0v) is 9.79. The Labute approximate surface area is 102 Å². The Morgan fingerprint density at radius 1 is 1.22 bits per heavy atom. The average molecular weight is 241 g/mol. The second-order valence-corrected chi connectivity index (χ2v) is 4.08. The molecule has 0 spiro atoms. The lowest BCUT2D eigenvalue weighted by Crippen LogP contribution is -2.24. The Bertz CT molecular complexity index is 744. The second-order valence-electron chi connectivity index (χ2n) is 4.08. The molecule has 0 aliphatic carbocycles. The largest absolute Gasteiger partial charge is 0.298 e. The predicted octanol–water partition coefficient (Wildman–Crippen LogP) is 0.871. The van der Waals surface area contributed by atoms with Crippen molar-refractivity contribution in [3.63, 3.8) is 0 Å². The van der Waals surface area contributed by atoms with Gasteiger partial charge < -0.3 is 0 Å². The molecule has 0 fully saturated rings. The van der Waals surface area contributed by atoms with E-state index in [1.54, 1.807) is 0 Å². The van der Waals surface area contributed by atoms with Crippen LogP contribution in [0.1, 0.15) is 11.3 Å². The molecular formula is C12H11N5O. The van der Waals surface area contributed by atoms with Crippen molar-refractivity contribution in [2.24, 2.45) is 0 Å². The molecule has 1 N–H and O–H groups in total. The minimum Gasteiger partial charge on any atom is -0.280 e. The Kier molecular flexibility index (Phi) is 2.40. The summed E-state index contributed by atoms with van der Waals surface area (Å²) in [4.78, 5) is 12.1. The summed E-state index contributed by atoms with van der Waals surface area (Å²) in [6, 6.07) is 9.65. The van der Waals surface area contributed by atoms with Crippen LogP contribution in [-0.4, -0.2) is 25.2 Å². The Hall–Kier alpha value is -2.50. The topological polar surface area (TPSA) is 76.5 Å². The zero-order valence-electron chi connectivity index (χ0n) is 9.79. The first kappa shape index (κ1) is 10.6. The SMILES string of the molecule is Cc1[nH]nc2c(=O)n(Cc3ccccc3)nnc12. The van der Waals surface area contributed by atoms with Crippen LogP contribution in [0.4, 0.5) is 0 Å².